The molecule has 0 aliphatic rings. The number of hydrogen-bond acceptors (Lipinski definition) is 4. The largest absolute Gasteiger partial charge is 0.507 e. The average Bonchev–Trinajstić information content (AvgIpc) is 2.71. The van der Waals surface area contributed by atoms with Gasteiger partial charge in [0.1, 0.15) is 16.4 Å². The van der Waals surface area contributed by atoms with Crippen molar-refractivity contribution in [3.8, 4) is 22.6 Å². The van der Waals surface area contributed by atoms with Gasteiger partial charge in [0.15, 0.2) is 0 Å². The van der Waals surface area contributed by atoms with Gasteiger partial charge in [-0.05, 0) is 53.2 Å². The summed E-state index contributed by atoms with van der Waals surface area (Å²) in [6.07, 6.45) is 0. The summed E-state index contributed by atoms with van der Waals surface area (Å²) in [7, 11) is -4.04. The number of nitrogens with one attached hydrogen (secondary N) is 1. The fraction of sp³-hybridized carbons (Fsp3) is 0. The molecule has 0 fully saturated rings. The van der Waals surface area contributed by atoms with E-state index in [1.54, 1.807) is 6.07 Å². The molecule has 0 amide bonds. The van der Waals surface area contributed by atoms with Crippen LogP contribution in [0.1, 0.15) is 0 Å². The Hall–Kier alpha value is -2.93. The molecule has 0 bridgehead atoms. The topological polar surface area (TPSA) is 86.6 Å². The van der Waals surface area contributed by atoms with E-state index < -0.39 is 10.0 Å². The highest BCUT2D eigenvalue weighted by Gasteiger charge is 2.20. The Morgan fingerprint density at radius 2 is 1.53 bits per heavy atom. The molecule has 0 radical (unpaired) electrons. The van der Waals surface area contributed by atoms with Gasteiger partial charge in [-0.2, -0.15) is 0 Å². The van der Waals surface area contributed by atoms with Gasteiger partial charge >= 0.3 is 0 Å². The third-order valence-corrected chi connectivity index (χ3v) is 6.71. The number of fused-ring (bicyclic) bond motifs is 1. The second-order valence-electron chi connectivity index (χ2n) is 6.59. The number of hydrogen-bond donors (Lipinski definition) is 3. The fourth-order valence-corrected chi connectivity index (χ4v) is 5.05. The highest BCUT2D eigenvalue weighted by atomic mass is 35.5. The van der Waals surface area contributed by atoms with E-state index >= 15 is 0 Å². The first-order valence-corrected chi connectivity index (χ1v) is 11.0. The van der Waals surface area contributed by atoms with Gasteiger partial charge in [0, 0.05) is 21.8 Å². The predicted octanol–water partition coefficient (Wildman–Crippen LogP) is 6.03. The van der Waals surface area contributed by atoms with Gasteiger partial charge in [0.05, 0.1) is 5.02 Å². The monoisotopic (exact) mass is 459 g/mol. The molecule has 0 heterocycles. The fourth-order valence-electron chi connectivity index (χ4n) is 3.24. The van der Waals surface area contributed by atoms with Crippen LogP contribution in [0.25, 0.3) is 21.9 Å². The first-order chi connectivity index (χ1) is 14.3. The van der Waals surface area contributed by atoms with E-state index in [9.17, 15) is 18.6 Å². The van der Waals surface area contributed by atoms with Gasteiger partial charge < -0.3 is 10.2 Å². The maximum Gasteiger partial charge on any atom is 0.263 e. The molecule has 4 aromatic rings. The molecular formula is C22H15Cl2NO4S. The van der Waals surface area contributed by atoms with E-state index in [2.05, 4.69) is 4.72 Å². The molecule has 152 valence electrons. The molecule has 8 heteroatoms. The molecule has 3 N–H and O–H groups in total. The second kappa shape index (κ2) is 7.72. The summed E-state index contributed by atoms with van der Waals surface area (Å²) >= 11 is 11.9. The smallest absolute Gasteiger partial charge is 0.263 e. The number of benzene rings is 4. The minimum atomic E-state index is -4.04. The Morgan fingerprint density at radius 1 is 0.800 bits per heavy atom. The summed E-state index contributed by atoms with van der Waals surface area (Å²) in [5.74, 6) is -0.146. The minimum Gasteiger partial charge on any atom is -0.507 e. The van der Waals surface area contributed by atoms with Crippen molar-refractivity contribution in [2.75, 3.05) is 4.72 Å². The molecule has 0 atom stereocenters. The Morgan fingerprint density at radius 3 is 2.33 bits per heavy atom. The predicted molar refractivity (Wildman–Crippen MR) is 120 cm³/mol. The lowest BCUT2D eigenvalue weighted by Crippen LogP contribution is -2.13. The lowest BCUT2D eigenvalue weighted by molar-refractivity contribution is 0.470. The van der Waals surface area contributed by atoms with E-state index in [1.807, 2.05) is 24.3 Å². The van der Waals surface area contributed by atoms with Crippen molar-refractivity contribution in [1.82, 2.24) is 0 Å². The maximum absolute atomic E-state index is 12.8. The van der Waals surface area contributed by atoms with Crippen LogP contribution in [0, 0.1) is 0 Å². The first kappa shape index (κ1) is 20.3. The lowest BCUT2D eigenvalue weighted by atomic mass is 9.96. The maximum atomic E-state index is 12.8. The number of phenols is 2. The first-order valence-electron chi connectivity index (χ1n) is 8.78. The van der Waals surface area contributed by atoms with Gasteiger partial charge in [-0.25, -0.2) is 8.42 Å². The summed E-state index contributed by atoms with van der Waals surface area (Å²) in [6.45, 7) is 0. The van der Waals surface area contributed by atoms with Gasteiger partial charge in [-0.1, -0.05) is 53.5 Å². The van der Waals surface area contributed by atoms with Crippen LogP contribution in [0.15, 0.2) is 77.7 Å². The Labute approximate surface area is 183 Å². The molecule has 0 aromatic heterocycles. The number of halogens is 2. The third kappa shape index (κ3) is 3.77. The summed E-state index contributed by atoms with van der Waals surface area (Å²) < 4.78 is 28.1. The van der Waals surface area contributed by atoms with Crippen molar-refractivity contribution < 1.29 is 18.6 Å². The van der Waals surface area contributed by atoms with Crippen LogP contribution in [0.3, 0.4) is 0 Å². The van der Waals surface area contributed by atoms with Crippen LogP contribution in [-0.4, -0.2) is 18.6 Å². The highest BCUT2D eigenvalue weighted by Crippen LogP contribution is 2.42. The van der Waals surface area contributed by atoms with Crippen LogP contribution in [0.4, 0.5) is 5.69 Å². The normalized spacial score (nSPS) is 11.5. The molecule has 0 saturated carbocycles. The number of rotatable bonds is 4. The van der Waals surface area contributed by atoms with Crippen LogP contribution < -0.4 is 4.72 Å². The lowest BCUT2D eigenvalue weighted by Gasteiger charge is -2.14. The van der Waals surface area contributed by atoms with E-state index in [0.717, 1.165) is 5.39 Å². The van der Waals surface area contributed by atoms with Gasteiger partial charge in [0.25, 0.3) is 10.0 Å². The minimum absolute atomic E-state index is 0.0256. The highest BCUT2D eigenvalue weighted by molar-refractivity contribution is 7.92. The second-order valence-corrected chi connectivity index (χ2v) is 9.09. The quantitative estimate of drug-likeness (QED) is 0.325. The summed E-state index contributed by atoms with van der Waals surface area (Å²) in [5, 5.41) is 22.7. The van der Waals surface area contributed by atoms with Crippen molar-refractivity contribution in [2.45, 2.75) is 4.90 Å². The van der Waals surface area contributed by atoms with Crippen molar-refractivity contribution in [2.24, 2.45) is 0 Å². The molecule has 0 spiro atoms. The third-order valence-electron chi connectivity index (χ3n) is 4.61. The van der Waals surface area contributed by atoms with Gasteiger partial charge in [-0.15, -0.1) is 0 Å². The zero-order chi connectivity index (χ0) is 21.5. The molecular weight excluding hydrogens is 445 g/mol. The van der Waals surface area contributed by atoms with Gasteiger partial charge in [-0.3, -0.25) is 4.72 Å². The summed E-state index contributed by atoms with van der Waals surface area (Å²) in [4.78, 5) is -0.167. The van der Waals surface area contributed by atoms with E-state index in [1.165, 1.54) is 42.5 Å². The molecule has 0 saturated heterocycles. The number of phenolic OH excluding ortho intramolecular Hbond substituents is 2. The van der Waals surface area contributed by atoms with Crippen molar-refractivity contribution in [3.63, 3.8) is 0 Å². The average molecular weight is 460 g/mol. The van der Waals surface area contributed by atoms with Crippen LogP contribution >= 0.6 is 23.2 Å². The van der Waals surface area contributed by atoms with E-state index in [-0.39, 0.29) is 37.7 Å². The number of sulfonamides is 1. The summed E-state index contributed by atoms with van der Waals surface area (Å²) in [5.41, 5.74) is 0.861. The van der Waals surface area contributed by atoms with E-state index in [4.69, 9.17) is 23.2 Å². The molecule has 0 aliphatic carbocycles. The zero-order valence-electron chi connectivity index (χ0n) is 15.3. The Bertz CT molecular complexity index is 1390. The molecule has 30 heavy (non-hydrogen) atoms. The van der Waals surface area contributed by atoms with Crippen LogP contribution in [0.2, 0.25) is 10.0 Å². The standard InChI is InChI=1S/C22H15Cl2NO4S/c23-14-6-8-18(24)21(11-14)30(28,29)25-15-7-10-19(26)17(12-15)22-16-4-2-1-3-13(16)5-9-20(22)27/h1-12,25-27H. The Kier molecular flexibility index (Phi) is 5.24. The summed E-state index contributed by atoms with van der Waals surface area (Å²) in [6, 6.07) is 19.0. The Balaban J connectivity index is 1.83. The molecule has 5 nitrogen and oxygen atoms in total. The zero-order valence-corrected chi connectivity index (χ0v) is 17.6. The van der Waals surface area contributed by atoms with Gasteiger partial charge in [0.2, 0.25) is 0 Å². The van der Waals surface area contributed by atoms with E-state index in [0.29, 0.717) is 10.9 Å². The van der Waals surface area contributed by atoms with Crippen molar-refractivity contribution in [1.29, 1.82) is 0 Å². The van der Waals surface area contributed by atoms with Crippen LogP contribution in [0.5, 0.6) is 11.5 Å². The SMILES string of the molecule is O=S(=O)(Nc1ccc(O)c(-c2c(O)ccc3ccccc23)c1)c1cc(Cl)ccc1Cl. The number of anilines is 1. The molecule has 4 aromatic carbocycles. The molecule has 0 unspecified atom stereocenters. The van der Waals surface area contributed by atoms with Crippen LogP contribution in [-0.2, 0) is 10.0 Å². The number of aromatic hydroxyl groups is 2. The van der Waals surface area contributed by atoms with Crippen molar-refractivity contribution in [3.05, 3.63) is 82.8 Å². The molecule has 4 rings (SSSR count). The van der Waals surface area contributed by atoms with Crippen molar-refractivity contribution >= 4 is 49.7 Å². The molecule has 0 aliphatic heterocycles.